The van der Waals surface area contributed by atoms with Crippen LogP contribution in [0.2, 0.25) is 0 Å². The topological polar surface area (TPSA) is 70.1 Å². The van der Waals surface area contributed by atoms with Gasteiger partial charge in [-0.2, -0.15) is 10.2 Å². The molecule has 4 rings (SSSR count). The van der Waals surface area contributed by atoms with Gasteiger partial charge in [0.25, 0.3) is 0 Å². The van der Waals surface area contributed by atoms with E-state index in [0.717, 1.165) is 49.5 Å². The van der Waals surface area contributed by atoms with Gasteiger partial charge in [-0.25, -0.2) is 9.48 Å². The van der Waals surface area contributed by atoms with Gasteiger partial charge in [-0.3, -0.25) is 14.1 Å². The third kappa shape index (κ3) is 4.12. The fourth-order valence-electron chi connectivity index (χ4n) is 4.16. The number of ether oxygens (including phenoxy) is 1. The minimum absolute atomic E-state index is 0.0123. The fourth-order valence-corrected chi connectivity index (χ4v) is 4.16. The lowest BCUT2D eigenvalue weighted by atomic mass is 10.0. The molecule has 1 aromatic carbocycles. The van der Waals surface area contributed by atoms with E-state index in [4.69, 9.17) is 4.74 Å². The molecule has 0 amide bonds. The van der Waals surface area contributed by atoms with E-state index < -0.39 is 0 Å². The number of nitrogens with zero attached hydrogens (tertiary/aromatic N) is 6. The monoisotopic (exact) mass is 396 g/mol. The van der Waals surface area contributed by atoms with Crippen molar-refractivity contribution in [2.75, 3.05) is 14.2 Å². The van der Waals surface area contributed by atoms with Gasteiger partial charge in [-0.1, -0.05) is 6.07 Å². The molecule has 3 heterocycles. The minimum Gasteiger partial charge on any atom is -0.496 e. The molecular formula is C21H28N6O2. The van der Waals surface area contributed by atoms with Crippen LogP contribution in [0.25, 0.3) is 0 Å². The summed E-state index contributed by atoms with van der Waals surface area (Å²) in [6.45, 7) is 2.26. The molecule has 1 atom stereocenters. The Hall–Kier alpha value is -2.87. The molecule has 0 fully saturated rings. The van der Waals surface area contributed by atoms with Crippen LogP contribution in [0, 0.1) is 0 Å². The third-order valence-electron chi connectivity index (χ3n) is 5.76. The van der Waals surface area contributed by atoms with Crippen LogP contribution in [0.1, 0.15) is 29.8 Å². The Bertz CT molecular complexity index is 1020. The van der Waals surface area contributed by atoms with Gasteiger partial charge in [0, 0.05) is 50.6 Å². The van der Waals surface area contributed by atoms with E-state index in [0.29, 0.717) is 12.6 Å². The first-order valence-corrected chi connectivity index (χ1v) is 10.0. The van der Waals surface area contributed by atoms with Crippen LogP contribution in [0.4, 0.5) is 0 Å². The summed E-state index contributed by atoms with van der Waals surface area (Å²) in [6.07, 6.45) is 6.53. The summed E-state index contributed by atoms with van der Waals surface area (Å²) >= 11 is 0. The molecule has 0 N–H and O–H groups in total. The van der Waals surface area contributed by atoms with Crippen molar-refractivity contribution < 1.29 is 4.74 Å². The highest BCUT2D eigenvalue weighted by atomic mass is 16.5. The maximum Gasteiger partial charge on any atom is 0.345 e. The molecule has 0 bridgehead atoms. The largest absolute Gasteiger partial charge is 0.496 e. The minimum atomic E-state index is -0.0123. The molecule has 0 saturated heterocycles. The highest BCUT2D eigenvalue weighted by Crippen LogP contribution is 2.23. The predicted molar refractivity (Wildman–Crippen MR) is 110 cm³/mol. The zero-order valence-electron chi connectivity index (χ0n) is 17.3. The Labute approximate surface area is 170 Å². The molecular weight excluding hydrogens is 368 g/mol. The first-order chi connectivity index (χ1) is 14.0. The summed E-state index contributed by atoms with van der Waals surface area (Å²) in [5.74, 6) is 1.78. The van der Waals surface area contributed by atoms with E-state index in [1.54, 1.807) is 20.4 Å². The molecule has 0 radical (unpaired) electrons. The molecule has 2 aromatic heterocycles. The van der Waals surface area contributed by atoms with Crippen molar-refractivity contribution in [3.05, 3.63) is 64.1 Å². The molecule has 29 heavy (non-hydrogen) atoms. The molecule has 0 spiro atoms. The van der Waals surface area contributed by atoms with Gasteiger partial charge in [-0.15, -0.1) is 0 Å². The summed E-state index contributed by atoms with van der Waals surface area (Å²) in [5, 5.41) is 8.69. The van der Waals surface area contributed by atoms with E-state index in [9.17, 15) is 4.79 Å². The Morgan fingerprint density at radius 3 is 2.93 bits per heavy atom. The van der Waals surface area contributed by atoms with Crippen LogP contribution in [0.3, 0.4) is 0 Å². The molecule has 154 valence electrons. The van der Waals surface area contributed by atoms with Gasteiger partial charge < -0.3 is 4.74 Å². The Kier molecular flexibility index (Phi) is 5.53. The van der Waals surface area contributed by atoms with Gasteiger partial charge >= 0.3 is 5.69 Å². The van der Waals surface area contributed by atoms with E-state index >= 15 is 0 Å². The lowest BCUT2D eigenvalue weighted by Gasteiger charge is -2.27. The number of methoxy groups -OCH3 is 1. The van der Waals surface area contributed by atoms with Crippen LogP contribution in [-0.4, -0.2) is 49.2 Å². The van der Waals surface area contributed by atoms with Gasteiger partial charge in [0.15, 0.2) is 0 Å². The molecule has 3 aromatic rings. The number of benzene rings is 1. The first-order valence-electron chi connectivity index (χ1n) is 10.0. The second-order valence-corrected chi connectivity index (χ2v) is 7.72. The summed E-state index contributed by atoms with van der Waals surface area (Å²) < 4.78 is 10.7. The maximum atomic E-state index is 12.2. The quantitative estimate of drug-likeness (QED) is 0.634. The van der Waals surface area contributed by atoms with Gasteiger partial charge in [0.05, 0.1) is 13.7 Å². The van der Waals surface area contributed by atoms with Crippen molar-refractivity contribution in [2.45, 2.75) is 44.9 Å². The van der Waals surface area contributed by atoms with Crippen molar-refractivity contribution in [1.29, 1.82) is 0 Å². The molecule has 0 aliphatic carbocycles. The van der Waals surface area contributed by atoms with E-state index in [1.165, 1.54) is 10.2 Å². The van der Waals surface area contributed by atoms with Crippen LogP contribution in [0.5, 0.6) is 5.75 Å². The molecule has 8 heteroatoms. The van der Waals surface area contributed by atoms with E-state index in [2.05, 4.69) is 34.3 Å². The van der Waals surface area contributed by atoms with Crippen LogP contribution in [-0.2, 0) is 33.1 Å². The average Bonchev–Trinajstić information content (AvgIpc) is 3.24. The van der Waals surface area contributed by atoms with Gasteiger partial charge in [-0.05, 0) is 43.7 Å². The van der Waals surface area contributed by atoms with Crippen LogP contribution >= 0.6 is 0 Å². The van der Waals surface area contributed by atoms with E-state index in [1.807, 2.05) is 27.6 Å². The highest BCUT2D eigenvalue weighted by Gasteiger charge is 2.23. The third-order valence-corrected chi connectivity index (χ3v) is 5.76. The number of fused-ring (bicyclic) bond motifs is 1. The van der Waals surface area contributed by atoms with Crippen molar-refractivity contribution in [3.63, 3.8) is 0 Å². The van der Waals surface area contributed by atoms with E-state index in [-0.39, 0.29) is 5.69 Å². The van der Waals surface area contributed by atoms with Crippen LogP contribution in [0.15, 0.2) is 41.5 Å². The standard InChI is InChI=1S/C21H28N6O2/c1-24(18-6-8-20-23-25(2)21(28)27(20)12-9-18)14-16-5-7-19(29-3)17(13-16)15-26-11-4-10-22-26/h4-5,7,10-11,13,18H,6,8-9,12,14-15H2,1-3H3. The zero-order valence-corrected chi connectivity index (χ0v) is 17.3. The lowest BCUT2D eigenvalue weighted by molar-refractivity contribution is 0.210. The Balaban J connectivity index is 1.45. The molecule has 1 aliphatic rings. The summed E-state index contributed by atoms with van der Waals surface area (Å²) in [4.78, 5) is 14.6. The Morgan fingerprint density at radius 2 is 2.17 bits per heavy atom. The summed E-state index contributed by atoms with van der Waals surface area (Å²) in [6, 6.07) is 8.70. The molecule has 8 nitrogen and oxygen atoms in total. The van der Waals surface area contributed by atoms with Crippen molar-refractivity contribution in [2.24, 2.45) is 7.05 Å². The number of hydrogen-bond acceptors (Lipinski definition) is 5. The zero-order chi connectivity index (χ0) is 20.4. The normalized spacial score (nSPS) is 16.6. The summed E-state index contributed by atoms with van der Waals surface area (Å²) in [7, 11) is 5.58. The number of rotatable bonds is 6. The van der Waals surface area contributed by atoms with Gasteiger partial charge in [0.2, 0.25) is 0 Å². The molecule has 1 unspecified atom stereocenters. The van der Waals surface area contributed by atoms with Gasteiger partial charge in [0.1, 0.15) is 11.6 Å². The molecule has 1 aliphatic heterocycles. The van der Waals surface area contributed by atoms with Crippen molar-refractivity contribution in [1.82, 2.24) is 29.0 Å². The number of aromatic nitrogens is 5. The first kappa shape index (κ1) is 19.4. The van der Waals surface area contributed by atoms with Crippen LogP contribution < -0.4 is 10.4 Å². The maximum absolute atomic E-state index is 12.2. The fraction of sp³-hybridized carbons (Fsp3) is 0.476. The average molecular weight is 396 g/mol. The second-order valence-electron chi connectivity index (χ2n) is 7.72. The smallest absolute Gasteiger partial charge is 0.345 e. The number of aryl methyl sites for hydroxylation is 2. The van der Waals surface area contributed by atoms with Crippen molar-refractivity contribution >= 4 is 0 Å². The molecule has 0 saturated carbocycles. The Morgan fingerprint density at radius 1 is 1.31 bits per heavy atom. The lowest BCUT2D eigenvalue weighted by Crippen LogP contribution is -2.32. The highest BCUT2D eigenvalue weighted by molar-refractivity contribution is 5.37. The SMILES string of the molecule is COc1ccc(CN(C)C2CCc3nn(C)c(=O)n3CC2)cc1Cn1cccn1. The number of hydrogen-bond donors (Lipinski definition) is 0. The predicted octanol–water partition coefficient (Wildman–Crippen LogP) is 1.67. The summed E-state index contributed by atoms with van der Waals surface area (Å²) in [5.41, 5.74) is 2.35. The second kappa shape index (κ2) is 8.24. The van der Waals surface area contributed by atoms with Crippen molar-refractivity contribution in [3.8, 4) is 5.75 Å².